The van der Waals surface area contributed by atoms with Crippen molar-refractivity contribution in [2.24, 2.45) is 5.92 Å². The van der Waals surface area contributed by atoms with Crippen molar-refractivity contribution in [3.8, 4) is 0 Å². The van der Waals surface area contributed by atoms with E-state index in [9.17, 15) is 48.0 Å². The molecule has 0 bridgehead atoms. The number of rotatable bonds is 5. The molecule has 2 unspecified atom stereocenters. The minimum Gasteiger partial charge on any atom is -0.459 e. The van der Waals surface area contributed by atoms with E-state index in [0.29, 0.717) is 0 Å². The highest BCUT2D eigenvalue weighted by molar-refractivity contribution is 8.09. The number of sulfone groups is 2. The molecule has 6 nitrogen and oxygen atoms in total. The lowest BCUT2D eigenvalue weighted by Gasteiger charge is -2.29. The van der Waals surface area contributed by atoms with Crippen molar-refractivity contribution < 1.29 is 52.7 Å². The maximum atomic E-state index is 12.8. The zero-order valence-electron chi connectivity index (χ0n) is 13.1. The number of hydrogen-bond donors (Lipinski definition) is 0. The molecule has 0 aromatic carbocycles. The minimum absolute atomic E-state index is 0.129. The van der Waals surface area contributed by atoms with Crippen molar-refractivity contribution >= 4 is 25.6 Å². The average Bonchev–Trinajstić information content (AvgIpc) is 2.83. The third-order valence-electron chi connectivity index (χ3n) is 3.72. The smallest absolute Gasteiger partial charge is 0.459 e. The van der Waals surface area contributed by atoms with Crippen molar-refractivity contribution in [3.63, 3.8) is 0 Å². The molecular weight excluding hydrogens is 418 g/mol. The summed E-state index contributed by atoms with van der Waals surface area (Å²) in [5, 5.41) is 0. The lowest BCUT2D eigenvalue weighted by atomic mass is 10.1. The van der Waals surface area contributed by atoms with E-state index in [0.717, 1.165) is 6.92 Å². The number of halogens is 6. The Balaban J connectivity index is 3.52. The predicted molar refractivity (Wildman–Crippen MR) is 75.8 cm³/mol. The van der Waals surface area contributed by atoms with Gasteiger partial charge in [0.1, 0.15) is 6.10 Å². The normalized spacial score (nSPS) is 22.5. The van der Waals surface area contributed by atoms with Crippen LogP contribution in [0.5, 0.6) is 0 Å². The summed E-state index contributed by atoms with van der Waals surface area (Å²) in [6.07, 6.45) is -2.79. The molecule has 0 aliphatic heterocycles. The van der Waals surface area contributed by atoms with Crippen LogP contribution in [0.1, 0.15) is 26.2 Å². The predicted octanol–water partition coefficient (Wildman–Crippen LogP) is 2.47. The number of esters is 1. The second-order valence-electron chi connectivity index (χ2n) is 5.67. The Morgan fingerprint density at radius 1 is 1.00 bits per heavy atom. The lowest BCUT2D eigenvalue weighted by molar-refractivity contribution is -0.145. The first kappa shape index (κ1) is 22.7. The zero-order chi connectivity index (χ0) is 20.7. The highest BCUT2D eigenvalue weighted by atomic mass is 32.3. The van der Waals surface area contributed by atoms with Gasteiger partial charge in [0.15, 0.2) is 4.58 Å². The van der Waals surface area contributed by atoms with Crippen LogP contribution in [0.2, 0.25) is 0 Å². The van der Waals surface area contributed by atoms with Crippen LogP contribution < -0.4 is 0 Å². The topological polar surface area (TPSA) is 94.6 Å². The molecular formula is C12H14F6O6S2. The van der Waals surface area contributed by atoms with Crippen LogP contribution in [-0.4, -0.2) is 44.5 Å². The first-order chi connectivity index (χ1) is 11.4. The second kappa shape index (κ2) is 7.02. The highest BCUT2D eigenvalue weighted by Crippen LogP contribution is 2.45. The fraction of sp³-hybridized carbons (Fsp3) is 0.750. The number of carbonyl (C=O) groups excluding carboxylic acids is 1. The summed E-state index contributed by atoms with van der Waals surface area (Å²) < 4.78 is 124. The summed E-state index contributed by atoms with van der Waals surface area (Å²) in [6, 6.07) is 0. The largest absolute Gasteiger partial charge is 0.498 e. The number of hydrogen-bond acceptors (Lipinski definition) is 6. The van der Waals surface area contributed by atoms with E-state index in [4.69, 9.17) is 0 Å². The third-order valence-corrected chi connectivity index (χ3v) is 8.45. The molecule has 0 spiro atoms. The summed E-state index contributed by atoms with van der Waals surface area (Å²) in [6.45, 7) is 4.31. The van der Waals surface area contributed by atoms with Gasteiger partial charge in [0.05, 0.1) is 0 Å². The first-order valence-corrected chi connectivity index (χ1v) is 10.0. The average molecular weight is 432 g/mol. The van der Waals surface area contributed by atoms with Crippen molar-refractivity contribution in [2.75, 3.05) is 0 Å². The van der Waals surface area contributed by atoms with E-state index in [-0.39, 0.29) is 18.4 Å². The molecule has 1 rings (SSSR count). The number of ether oxygens (including phenoxy) is 1. The SMILES string of the molecule is C=C(C)C(=O)OC1CCCC1C(S(=O)(=O)C(F)(F)F)S(=O)(=O)C(F)(F)F. The highest BCUT2D eigenvalue weighted by Gasteiger charge is 2.66. The molecule has 26 heavy (non-hydrogen) atoms. The maximum absolute atomic E-state index is 12.8. The van der Waals surface area contributed by atoms with Crippen molar-refractivity contribution in [2.45, 2.75) is 47.9 Å². The van der Waals surface area contributed by atoms with Crippen LogP contribution in [0.3, 0.4) is 0 Å². The molecule has 0 radical (unpaired) electrons. The quantitative estimate of drug-likeness (QED) is 0.376. The van der Waals surface area contributed by atoms with E-state index in [1.54, 1.807) is 0 Å². The molecule has 1 aliphatic rings. The van der Waals surface area contributed by atoms with Gasteiger partial charge in [-0.1, -0.05) is 6.58 Å². The van der Waals surface area contributed by atoms with Gasteiger partial charge in [-0.05, 0) is 26.2 Å². The Hall–Kier alpha value is -1.31. The van der Waals surface area contributed by atoms with Gasteiger partial charge in [-0.3, -0.25) is 0 Å². The van der Waals surface area contributed by atoms with Gasteiger partial charge >= 0.3 is 17.0 Å². The van der Waals surface area contributed by atoms with Crippen molar-refractivity contribution in [1.82, 2.24) is 0 Å². The van der Waals surface area contributed by atoms with Crippen molar-refractivity contribution in [1.29, 1.82) is 0 Å². The van der Waals surface area contributed by atoms with Crippen molar-refractivity contribution in [3.05, 3.63) is 12.2 Å². The summed E-state index contributed by atoms with van der Waals surface area (Å²) in [7, 11) is -13.5. The molecule has 0 saturated heterocycles. The van der Waals surface area contributed by atoms with E-state index in [1.807, 2.05) is 0 Å². The van der Waals surface area contributed by atoms with Gasteiger partial charge in [0, 0.05) is 11.5 Å². The molecule has 2 atom stereocenters. The van der Waals surface area contributed by atoms with E-state index >= 15 is 0 Å². The van der Waals surface area contributed by atoms with Gasteiger partial charge in [-0.15, -0.1) is 0 Å². The fourth-order valence-electron chi connectivity index (χ4n) is 2.54. The fourth-order valence-corrected chi connectivity index (χ4v) is 6.60. The minimum atomic E-state index is -6.77. The summed E-state index contributed by atoms with van der Waals surface area (Å²) in [5.74, 6) is -3.41. The molecule has 1 saturated carbocycles. The van der Waals surface area contributed by atoms with Crippen LogP contribution >= 0.6 is 0 Å². The Kier molecular flexibility index (Phi) is 6.13. The standard InChI is InChI=1S/C12H14F6O6S2/c1-6(2)9(19)24-8-5-3-4-7(8)10(25(20,21)11(13,14)15)26(22,23)12(16,17)18/h7-8,10H,1,3-5H2,2H3. The Morgan fingerprint density at radius 3 is 1.77 bits per heavy atom. The van der Waals surface area contributed by atoms with Gasteiger partial charge in [-0.2, -0.15) is 26.3 Å². The van der Waals surface area contributed by atoms with Gasteiger partial charge < -0.3 is 4.74 Å². The molecule has 1 aliphatic carbocycles. The maximum Gasteiger partial charge on any atom is 0.498 e. The van der Waals surface area contributed by atoms with Gasteiger partial charge in [0.2, 0.25) is 0 Å². The van der Waals surface area contributed by atoms with E-state index in [2.05, 4.69) is 11.3 Å². The van der Waals surface area contributed by atoms with Crippen LogP contribution in [0.4, 0.5) is 26.3 Å². The van der Waals surface area contributed by atoms with Gasteiger partial charge in [0.25, 0.3) is 19.7 Å². The first-order valence-electron chi connectivity index (χ1n) is 6.91. The summed E-state index contributed by atoms with van der Waals surface area (Å²) in [4.78, 5) is 11.5. The molecule has 14 heteroatoms. The van der Waals surface area contributed by atoms with Crippen LogP contribution in [0.25, 0.3) is 0 Å². The number of carbonyl (C=O) groups is 1. The van der Waals surface area contributed by atoms with E-state index in [1.165, 1.54) is 0 Å². The molecule has 1 fully saturated rings. The zero-order valence-corrected chi connectivity index (χ0v) is 14.7. The summed E-state index contributed by atoms with van der Waals surface area (Å²) >= 11 is 0. The molecule has 0 aromatic rings. The molecule has 152 valence electrons. The summed E-state index contributed by atoms with van der Waals surface area (Å²) in [5.41, 5.74) is -12.7. The van der Waals surface area contributed by atoms with Crippen LogP contribution in [0.15, 0.2) is 12.2 Å². The molecule has 0 aromatic heterocycles. The Morgan fingerprint density at radius 2 is 1.42 bits per heavy atom. The Labute approximate surface area is 145 Å². The monoisotopic (exact) mass is 432 g/mol. The number of alkyl halides is 6. The molecule has 0 heterocycles. The van der Waals surface area contributed by atoms with Crippen LogP contribution in [-0.2, 0) is 29.2 Å². The van der Waals surface area contributed by atoms with E-state index < -0.39 is 59.7 Å². The Bertz CT molecular complexity index is 736. The lowest BCUT2D eigenvalue weighted by Crippen LogP contribution is -2.51. The molecule has 0 N–H and O–H groups in total. The molecule has 0 amide bonds. The van der Waals surface area contributed by atoms with Crippen LogP contribution in [0, 0.1) is 5.92 Å². The van der Waals surface area contributed by atoms with Gasteiger partial charge in [-0.25, -0.2) is 21.6 Å². The second-order valence-corrected chi connectivity index (χ2v) is 10.1. The third kappa shape index (κ3) is 4.15.